The third-order valence-corrected chi connectivity index (χ3v) is 3.54. The Bertz CT molecular complexity index is 664. The normalized spacial score (nSPS) is 12.1. The molecule has 4 nitrogen and oxygen atoms in total. The largest absolute Gasteiger partial charge is 0.306 e. The minimum Gasteiger partial charge on any atom is -0.306 e. The van der Waals surface area contributed by atoms with Crippen LogP contribution in [0.25, 0.3) is 0 Å². The van der Waals surface area contributed by atoms with Gasteiger partial charge in [0.2, 0.25) is 5.82 Å². The fraction of sp³-hybridized carbons (Fsp3) is 0.200. The fourth-order valence-electron chi connectivity index (χ4n) is 2.02. The highest BCUT2D eigenvalue weighted by atomic mass is 35.5. The Labute approximate surface area is 126 Å². The summed E-state index contributed by atoms with van der Waals surface area (Å²) in [6.07, 6.45) is 0. The minimum absolute atomic E-state index is 0.0167. The first-order valence-corrected chi connectivity index (χ1v) is 6.77. The fourth-order valence-corrected chi connectivity index (χ4v) is 2.31. The van der Waals surface area contributed by atoms with Crippen LogP contribution in [-0.4, -0.2) is 4.92 Å². The second-order valence-electron chi connectivity index (χ2n) is 4.67. The molecule has 0 saturated heterocycles. The van der Waals surface area contributed by atoms with Crippen molar-refractivity contribution in [1.29, 1.82) is 0 Å². The minimum atomic E-state index is -0.829. The van der Waals surface area contributed by atoms with Gasteiger partial charge in [0.1, 0.15) is 0 Å². The molecule has 0 aliphatic heterocycles. The average molecular weight is 309 g/mol. The maximum Gasteiger partial charge on any atom is 0.304 e. The van der Waals surface area contributed by atoms with Crippen molar-refractivity contribution < 1.29 is 9.31 Å². The quantitative estimate of drug-likeness (QED) is 0.664. The number of nitro groups is 1. The summed E-state index contributed by atoms with van der Waals surface area (Å²) in [5.74, 6) is -0.829. The molecule has 0 aromatic heterocycles. The first-order chi connectivity index (χ1) is 9.99. The predicted octanol–water partition coefficient (Wildman–Crippen LogP) is 4.24. The van der Waals surface area contributed by atoms with E-state index in [1.54, 1.807) is 6.07 Å². The van der Waals surface area contributed by atoms with Crippen LogP contribution in [0.15, 0.2) is 42.5 Å². The van der Waals surface area contributed by atoms with Gasteiger partial charge in [-0.25, -0.2) is 0 Å². The summed E-state index contributed by atoms with van der Waals surface area (Å²) in [5.41, 5.74) is 1.07. The van der Waals surface area contributed by atoms with E-state index in [0.717, 1.165) is 5.56 Å². The molecular weight excluding hydrogens is 295 g/mol. The van der Waals surface area contributed by atoms with E-state index in [4.69, 9.17) is 11.6 Å². The number of halogens is 2. The molecule has 1 N–H and O–H groups in total. The summed E-state index contributed by atoms with van der Waals surface area (Å²) in [5, 5.41) is 14.4. The lowest BCUT2D eigenvalue weighted by atomic mass is 10.1. The Hall–Kier alpha value is -1.98. The third-order valence-electron chi connectivity index (χ3n) is 3.19. The summed E-state index contributed by atoms with van der Waals surface area (Å²) in [6, 6.07) is 11.3. The van der Waals surface area contributed by atoms with Gasteiger partial charge in [0.25, 0.3) is 0 Å². The predicted molar refractivity (Wildman–Crippen MR) is 79.8 cm³/mol. The van der Waals surface area contributed by atoms with Crippen LogP contribution in [0.1, 0.15) is 24.1 Å². The molecule has 110 valence electrons. The lowest BCUT2D eigenvalue weighted by molar-refractivity contribution is -0.387. The van der Waals surface area contributed by atoms with Gasteiger partial charge in [-0.3, -0.25) is 10.1 Å². The van der Waals surface area contributed by atoms with Crippen LogP contribution in [0.2, 0.25) is 5.02 Å². The number of nitro benzene ring substituents is 1. The van der Waals surface area contributed by atoms with E-state index in [0.29, 0.717) is 17.1 Å². The van der Waals surface area contributed by atoms with Gasteiger partial charge >= 0.3 is 5.69 Å². The van der Waals surface area contributed by atoms with Crippen LogP contribution in [-0.2, 0) is 6.54 Å². The Morgan fingerprint density at radius 3 is 2.67 bits per heavy atom. The zero-order valence-corrected chi connectivity index (χ0v) is 12.1. The van der Waals surface area contributed by atoms with Crippen LogP contribution in [0.5, 0.6) is 0 Å². The number of hydrogen-bond acceptors (Lipinski definition) is 3. The van der Waals surface area contributed by atoms with E-state index in [2.05, 4.69) is 5.32 Å². The lowest BCUT2D eigenvalue weighted by Crippen LogP contribution is -2.18. The van der Waals surface area contributed by atoms with Crippen molar-refractivity contribution >= 4 is 17.3 Å². The Morgan fingerprint density at radius 2 is 2.05 bits per heavy atom. The lowest BCUT2D eigenvalue weighted by Gasteiger charge is -2.15. The second kappa shape index (κ2) is 6.65. The smallest absolute Gasteiger partial charge is 0.304 e. The van der Waals surface area contributed by atoms with Gasteiger partial charge in [0.05, 0.1) is 4.92 Å². The molecule has 0 radical (unpaired) electrons. The molecule has 0 aliphatic carbocycles. The standard InChI is InChI=1S/C15H14ClFN2O2/c1-10(12-4-2-3-5-13(12)16)18-9-11-6-7-15(19(20)21)14(17)8-11/h2-8,10,18H,9H2,1H3/t10-/m0/s1. The molecule has 0 spiro atoms. The zero-order chi connectivity index (χ0) is 15.4. The van der Waals surface area contributed by atoms with Gasteiger partial charge in [0.15, 0.2) is 0 Å². The van der Waals surface area contributed by atoms with Gasteiger partial charge in [-0.1, -0.05) is 35.9 Å². The molecule has 0 amide bonds. The second-order valence-corrected chi connectivity index (χ2v) is 5.07. The molecule has 21 heavy (non-hydrogen) atoms. The summed E-state index contributed by atoms with van der Waals surface area (Å²) >= 11 is 6.11. The van der Waals surface area contributed by atoms with Crippen molar-refractivity contribution in [3.8, 4) is 0 Å². The highest BCUT2D eigenvalue weighted by molar-refractivity contribution is 6.31. The van der Waals surface area contributed by atoms with E-state index >= 15 is 0 Å². The molecular formula is C15H14ClFN2O2. The first kappa shape index (κ1) is 15.4. The number of hydrogen-bond donors (Lipinski definition) is 1. The van der Waals surface area contributed by atoms with Gasteiger partial charge in [-0.2, -0.15) is 4.39 Å². The monoisotopic (exact) mass is 308 g/mol. The van der Waals surface area contributed by atoms with Crippen molar-refractivity contribution in [3.05, 3.63) is 74.5 Å². The molecule has 2 aromatic carbocycles. The van der Waals surface area contributed by atoms with Gasteiger partial charge < -0.3 is 5.32 Å². The molecule has 0 fully saturated rings. The zero-order valence-electron chi connectivity index (χ0n) is 11.3. The highest BCUT2D eigenvalue weighted by Crippen LogP contribution is 2.23. The molecule has 0 aliphatic rings. The molecule has 0 bridgehead atoms. The molecule has 0 saturated carbocycles. The van der Waals surface area contributed by atoms with Crippen molar-refractivity contribution in [2.75, 3.05) is 0 Å². The van der Waals surface area contributed by atoms with E-state index in [1.807, 2.05) is 25.1 Å². The van der Waals surface area contributed by atoms with E-state index < -0.39 is 16.4 Å². The molecule has 0 unspecified atom stereocenters. The number of rotatable bonds is 5. The van der Waals surface area contributed by atoms with Gasteiger partial charge in [-0.05, 0) is 30.2 Å². The van der Waals surface area contributed by atoms with Crippen LogP contribution in [0, 0.1) is 15.9 Å². The molecule has 2 rings (SSSR count). The van der Waals surface area contributed by atoms with Crippen LogP contribution in [0.3, 0.4) is 0 Å². The van der Waals surface area contributed by atoms with Crippen molar-refractivity contribution in [2.45, 2.75) is 19.5 Å². The molecule has 0 heterocycles. The summed E-state index contributed by atoms with van der Waals surface area (Å²) in [6.45, 7) is 2.34. The maximum atomic E-state index is 13.5. The molecule has 2 aromatic rings. The van der Waals surface area contributed by atoms with Crippen molar-refractivity contribution in [3.63, 3.8) is 0 Å². The van der Waals surface area contributed by atoms with Gasteiger partial charge in [0, 0.05) is 23.7 Å². The number of benzene rings is 2. The summed E-state index contributed by atoms with van der Waals surface area (Å²) < 4.78 is 13.5. The average Bonchev–Trinajstić information content (AvgIpc) is 2.45. The molecule has 1 atom stereocenters. The number of nitrogens with one attached hydrogen (secondary N) is 1. The SMILES string of the molecule is C[C@H](NCc1ccc([N+](=O)[O-])c(F)c1)c1ccccc1Cl. The summed E-state index contributed by atoms with van der Waals surface area (Å²) in [4.78, 5) is 9.82. The van der Waals surface area contributed by atoms with E-state index in [9.17, 15) is 14.5 Å². The van der Waals surface area contributed by atoms with Crippen molar-refractivity contribution in [2.24, 2.45) is 0 Å². The Balaban J connectivity index is 2.05. The van der Waals surface area contributed by atoms with E-state index in [-0.39, 0.29) is 6.04 Å². The van der Waals surface area contributed by atoms with Crippen LogP contribution >= 0.6 is 11.6 Å². The summed E-state index contributed by atoms with van der Waals surface area (Å²) in [7, 11) is 0. The Morgan fingerprint density at radius 1 is 1.33 bits per heavy atom. The first-order valence-electron chi connectivity index (χ1n) is 6.39. The van der Waals surface area contributed by atoms with Crippen LogP contribution < -0.4 is 5.32 Å². The Kier molecular flexibility index (Phi) is 4.88. The number of nitrogens with zero attached hydrogens (tertiary/aromatic N) is 1. The highest BCUT2D eigenvalue weighted by Gasteiger charge is 2.14. The van der Waals surface area contributed by atoms with Crippen molar-refractivity contribution in [1.82, 2.24) is 5.32 Å². The topological polar surface area (TPSA) is 55.2 Å². The van der Waals surface area contributed by atoms with Gasteiger partial charge in [-0.15, -0.1) is 0 Å². The van der Waals surface area contributed by atoms with Crippen LogP contribution in [0.4, 0.5) is 10.1 Å². The van der Waals surface area contributed by atoms with E-state index in [1.165, 1.54) is 18.2 Å². The maximum absolute atomic E-state index is 13.5. The molecule has 6 heteroatoms. The third kappa shape index (κ3) is 3.77.